The molecule has 1 aromatic carbocycles. The number of thiazole rings is 1. The first-order chi connectivity index (χ1) is 16.2. The molecule has 0 aliphatic carbocycles. The van der Waals surface area contributed by atoms with Crippen LogP contribution < -0.4 is 4.74 Å². The van der Waals surface area contributed by atoms with Crippen molar-refractivity contribution in [2.24, 2.45) is 0 Å². The van der Waals surface area contributed by atoms with Gasteiger partial charge < -0.3 is 14.1 Å². The molecule has 4 aromatic rings. The van der Waals surface area contributed by atoms with Crippen LogP contribution in [0.3, 0.4) is 0 Å². The van der Waals surface area contributed by atoms with E-state index in [2.05, 4.69) is 15.0 Å². The van der Waals surface area contributed by atoms with Crippen LogP contribution in [-0.4, -0.2) is 46.0 Å². The van der Waals surface area contributed by atoms with Crippen molar-refractivity contribution in [2.75, 3.05) is 20.2 Å². The van der Waals surface area contributed by atoms with E-state index in [0.717, 1.165) is 34.8 Å². The Labute approximate surface area is 196 Å². The SMILES string of the molecule is COc1ccc(Cc2cnc(C3CCCN(C(=O)c4cccnc4-c4cncs4)C3)o2)cc1. The largest absolute Gasteiger partial charge is 0.497 e. The Kier molecular flexibility index (Phi) is 6.17. The Bertz CT molecular complexity index is 1220. The molecule has 1 saturated heterocycles. The second-order valence-electron chi connectivity index (χ2n) is 8.05. The standard InChI is InChI=1S/C25H24N4O3S/c1-31-19-8-6-17(7-9-19)12-20-13-28-24(32-20)18-4-3-11-29(15-18)25(30)21-5-2-10-27-23(21)22-14-26-16-33-22/h2,5-10,13-14,16,18H,3-4,11-12,15H2,1H3. The molecule has 1 aliphatic heterocycles. The lowest BCUT2D eigenvalue weighted by atomic mass is 9.97. The fourth-order valence-electron chi connectivity index (χ4n) is 4.18. The lowest BCUT2D eigenvalue weighted by Gasteiger charge is -2.31. The van der Waals surface area contributed by atoms with Crippen molar-refractivity contribution in [3.8, 4) is 16.3 Å². The van der Waals surface area contributed by atoms with Gasteiger partial charge in [-0.1, -0.05) is 12.1 Å². The summed E-state index contributed by atoms with van der Waals surface area (Å²) in [6, 6.07) is 11.6. The minimum Gasteiger partial charge on any atom is -0.497 e. The molecule has 0 spiro atoms. The van der Waals surface area contributed by atoms with Gasteiger partial charge in [-0.2, -0.15) is 0 Å². The fraction of sp³-hybridized carbons (Fsp3) is 0.280. The zero-order valence-corrected chi connectivity index (χ0v) is 19.1. The molecular formula is C25H24N4O3S. The molecule has 0 N–H and O–H groups in total. The highest BCUT2D eigenvalue weighted by Gasteiger charge is 2.30. The molecule has 1 atom stereocenters. The molecule has 5 rings (SSSR count). The van der Waals surface area contributed by atoms with Gasteiger partial charge in [-0.05, 0) is 42.7 Å². The summed E-state index contributed by atoms with van der Waals surface area (Å²) in [7, 11) is 1.66. The number of likely N-dealkylation sites (tertiary alicyclic amines) is 1. The monoisotopic (exact) mass is 460 g/mol. The summed E-state index contributed by atoms with van der Waals surface area (Å²) in [6.07, 6.45) is 7.77. The van der Waals surface area contributed by atoms with Crippen LogP contribution in [0.4, 0.5) is 0 Å². The van der Waals surface area contributed by atoms with E-state index in [0.29, 0.717) is 36.7 Å². The Morgan fingerprint density at radius 1 is 1.21 bits per heavy atom. The van der Waals surface area contributed by atoms with Crippen molar-refractivity contribution >= 4 is 17.2 Å². The van der Waals surface area contributed by atoms with Gasteiger partial charge in [0.25, 0.3) is 5.91 Å². The van der Waals surface area contributed by atoms with E-state index >= 15 is 0 Å². The van der Waals surface area contributed by atoms with E-state index in [1.807, 2.05) is 35.2 Å². The topological polar surface area (TPSA) is 81.4 Å². The highest BCUT2D eigenvalue weighted by atomic mass is 32.1. The molecular weight excluding hydrogens is 436 g/mol. The number of nitrogens with zero attached hydrogens (tertiary/aromatic N) is 4. The molecule has 4 heterocycles. The summed E-state index contributed by atoms with van der Waals surface area (Å²) in [4.78, 5) is 29.3. The van der Waals surface area contributed by atoms with Crippen LogP contribution >= 0.6 is 11.3 Å². The predicted octanol–water partition coefficient (Wildman–Crippen LogP) is 4.81. The van der Waals surface area contributed by atoms with E-state index in [-0.39, 0.29) is 11.8 Å². The van der Waals surface area contributed by atoms with Gasteiger partial charge in [0.1, 0.15) is 11.5 Å². The maximum absolute atomic E-state index is 13.4. The quantitative estimate of drug-likeness (QED) is 0.411. The van der Waals surface area contributed by atoms with Gasteiger partial charge in [0.05, 0.1) is 40.9 Å². The lowest BCUT2D eigenvalue weighted by molar-refractivity contribution is 0.0698. The number of amides is 1. The predicted molar refractivity (Wildman–Crippen MR) is 126 cm³/mol. The second-order valence-corrected chi connectivity index (χ2v) is 8.93. The van der Waals surface area contributed by atoms with E-state index in [1.54, 1.807) is 37.3 Å². The van der Waals surface area contributed by atoms with Crippen molar-refractivity contribution in [1.29, 1.82) is 0 Å². The molecule has 3 aromatic heterocycles. The maximum Gasteiger partial charge on any atom is 0.256 e. The number of pyridine rings is 1. The zero-order chi connectivity index (χ0) is 22.6. The Hall–Kier alpha value is -3.52. The molecule has 0 radical (unpaired) electrons. The van der Waals surface area contributed by atoms with E-state index < -0.39 is 0 Å². The third-order valence-corrected chi connectivity index (χ3v) is 6.65. The number of ether oxygens (including phenoxy) is 1. The van der Waals surface area contributed by atoms with E-state index in [9.17, 15) is 4.79 Å². The van der Waals surface area contributed by atoms with Crippen molar-refractivity contribution in [3.05, 3.63) is 83.3 Å². The molecule has 1 fully saturated rings. The minimum absolute atomic E-state index is 0.0128. The van der Waals surface area contributed by atoms with Crippen LogP contribution in [0.25, 0.3) is 10.6 Å². The van der Waals surface area contributed by atoms with Crippen LogP contribution in [0.15, 0.2) is 64.9 Å². The number of piperidine rings is 1. The Morgan fingerprint density at radius 3 is 2.88 bits per heavy atom. The number of carbonyl (C=O) groups is 1. The van der Waals surface area contributed by atoms with Gasteiger partial charge >= 0.3 is 0 Å². The number of methoxy groups -OCH3 is 1. The van der Waals surface area contributed by atoms with Crippen molar-refractivity contribution in [1.82, 2.24) is 19.9 Å². The molecule has 0 saturated carbocycles. The fourth-order valence-corrected chi connectivity index (χ4v) is 4.81. The number of rotatable bonds is 6. The average Bonchev–Trinajstić information content (AvgIpc) is 3.57. The molecule has 8 heteroatoms. The summed E-state index contributed by atoms with van der Waals surface area (Å²) in [5.74, 6) is 2.41. The molecule has 0 bridgehead atoms. The summed E-state index contributed by atoms with van der Waals surface area (Å²) >= 11 is 1.48. The van der Waals surface area contributed by atoms with Crippen molar-refractivity contribution in [3.63, 3.8) is 0 Å². The van der Waals surface area contributed by atoms with Crippen LogP contribution in [0.2, 0.25) is 0 Å². The van der Waals surface area contributed by atoms with Gasteiger partial charge in [-0.3, -0.25) is 14.8 Å². The van der Waals surface area contributed by atoms with Crippen LogP contribution in [0.5, 0.6) is 5.75 Å². The first kappa shape index (κ1) is 21.3. The van der Waals surface area contributed by atoms with Gasteiger partial charge in [-0.15, -0.1) is 11.3 Å². The second kappa shape index (κ2) is 9.54. The number of hydrogen-bond acceptors (Lipinski definition) is 7. The Balaban J connectivity index is 1.29. The van der Waals surface area contributed by atoms with Crippen LogP contribution in [0, 0.1) is 0 Å². The molecule has 1 aliphatic rings. The van der Waals surface area contributed by atoms with Gasteiger partial charge in [-0.25, -0.2) is 4.98 Å². The highest BCUT2D eigenvalue weighted by molar-refractivity contribution is 7.13. The van der Waals surface area contributed by atoms with Crippen molar-refractivity contribution < 1.29 is 13.9 Å². The van der Waals surface area contributed by atoms with E-state index in [1.165, 1.54) is 11.3 Å². The number of aromatic nitrogens is 3. The Morgan fingerprint density at radius 2 is 2.09 bits per heavy atom. The van der Waals surface area contributed by atoms with Gasteiger partial charge in [0, 0.05) is 31.9 Å². The molecule has 168 valence electrons. The summed E-state index contributed by atoms with van der Waals surface area (Å²) < 4.78 is 11.3. The normalized spacial score (nSPS) is 16.0. The van der Waals surface area contributed by atoms with Crippen molar-refractivity contribution in [2.45, 2.75) is 25.2 Å². The third kappa shape index (κ3) is 4.66. The number of hydrogen-bond donors (Lipinski definition) is 0. The van der Waals surface area contributed by atoms with Gasteiger partial charge in [0.15, 0.2) is 5.89 Å². The lowest BCUT2D eigenvalue weighted by Crippen LogP contribution is -2.39. The number of oxazole rings is 1. The van der Waals surface area contributed by atoms with E-state index in [4.69, 9.17) is 9.15 Å². The summed E-state index contributed by atoms with van der Waals surface area (Å²) in [5, 5.41) is 0. The van der Waals surface area contributed by atoms with Crippen LogP contribution in [0.1, 0.15) is 46.3 Å². The zero-order valence-electron chi connectivity index (χ0n) is 18.3. The summed E-state index contributed by atoms with van der Waals surface area (Å²) in [5.41, 5.74) is 4.17. The maximum atomic E-state index is 13.4. The first-order valence-corrected chi connectivity index (χ1v) is 11.8. The highest BCUT2D eigenvalue weighted by Crippen LogP contribution is 2.30. The molecule has 33 heavy (non-hydrogen) atoms. The first-order valence-electron chi connectivity index (χ1n) is 10.9. The smallest absolute Gasteiger partial charge is 0.256 e. The number of carbonyl (C=O) groups excluding carboxylic acids is 1. The van der Waals surface area contributed by atoms with Crippen LogP contribution in [-0.2, 0) is 6.42 Å². The minimum atomic E-state index is -0.0128. The third-order valence-electron chi connectivity index (χ3n) is 5.87. The molecule has 1 amide bonds. The van der Waals surface area contributed by atoms with Gasteiger partial charge in [0.2, 0.25) is 0 Å². The molecule has 1 unspecified atom stereocenters. The average molecular weight is 461 g/mol. The number of benzene rings is 1. The summed E-state index contributed by atoms with van der Waals surface area (Å²) in [6.45, 7) is 1.30. The molecule has 7 nitrogen and oxygen atoms in total.